The molecule has 31 heavy (non-hydrogen) atoms. The number of thiazole rings is 1. The van der Waals surface area contributed by atoms with Crippen LogP contribution in [0, 0.1) is 0 Å². The molecule has 0 spiro atoms. The maximum Gasteiger partial charge on any atom is 0.307 e. The van der Waals surface area contributed by atoms with E-state index in [1.807, 2.05) is 12.1 Å². The Morgan fingerprint density at radius 1 is 1.16 bits per heavy atom. The van der Waals surface area contributed by atoms with Crippen LogP contribution in [-0.2, 0) is 20.9 Å². The van der Waals surface area contributed by atoms with Crippen molar-refractivity contribution in [3.05, 3.63) is 46.2 Å². The van der Waals surface area contributed by atoms with Gasteiger partial charge in [0.25, 0.3) is 5.91 Å². The van der Waals surface area contributed by atoms with Gasteiger partial charge in [-0.25, -0.2) is 0 Å². The van der Waals surface area contributed by atoms with Crippen molar-refractivity contribution >= 4 is 45.0 Å². The van der Waals surface area contributed by atoms with Crippen LogP contribution in [0.2, 0.25) is 5.02 Å². The summed E-state index contributed by atoms with van der Waals surface area (Å²) in [5.74, 6) is 0.972. The van der Waals surface area contributed by atoms with Crippen LogP contribution < -0.4 is 19.0 Å². The molecule has 1 aliphatic rings. The summed E-state index contributed by atoms with van der Waals surface area (Å²) in [6, 6.07) is 10.4. The van der Waals surface area contributed by atoms with Crippen LogP contribution in [0.25, 0.3) is 10.2 Å². The second kappa shape index (κ2) is 9.40. The highest BCUT2D eigenvalue weighted by atomic mass is 35.5. The fraction of sp³-hybridized carbons (Fsp3) is 0.286. The summed E-state index contributed by atoms with van der Waals surface area (Å²) in [6.07, 6.45) is 0.138. The lowest BCUT2D eigenvalue weighted by Crippen LogP contribution is -2.21. The SMILES string of the molecule is COC(=O)CCn1c(=NC(=O)COc2ccc(Cl)cc2)sc2cc3c(cc21)OCCO3. The molecule has 0 N–H and O–H groups in total. The highest BCUT2D eigenvalue weighted by Gasteiger charge is 2.17. The van der Waals surface area contributed by atoms with Gasteiger partial charge in [-0.05, 0) is 24.3 Å². The molecule has 0 aliphatic carbocycles. The molecule has 4 rings (SSSR count). The molecule has 0 fully saturated rings. The molecular formula is C21H19ClN2O6S. The molecule has 0 saturated heterocycles. The quantitative estimate of drug-likeness (QED) is 0.523. The van der Waals surface area contributed by atoms with Crippen LogP contribution in [0.5, 0.6) is 17.2 Å². The van der Waals surface area contributed by atoms with Crippen LogP contribution in [0.3, 0.4) is 0 Å². The Kier molecular flexibility index (Phi) is 6.43. The third kappa shape index (κ3) is 5.00. The first kappa shape index (κ1) is 21.2. The van der Waals surface area contributed by atoms with Crippen molar-refractivity contribution in [1.29, 1.82) is 0 Å². The lowest BCUT2D eigenvalue weighted by Gasteiger charge is -2.18. The Hall–Kier alpha value is -3.04. The van der Waals surface area contributed by atoms with Gasteiger partial charge in [-0.15, -0.1) is 0 Å². The minimum Gasteiger partial charge on any atom is -0.486 e. The number of aryl methyl sites for hydroxylation is 1. The number of carbonyl (C=O) groups excluding carboxylic acids is 2. The smallest absolute Gasteiger partial charge is 0.307 e. The minimum absolute atomic E-state index is 0.138. The molecule has 0 radical (unpaired) electrons. The van der Waals surface area contributed by atoms with E-state index in [-0.39, 0.29) is 19.0 Å². The van der Waals surface area contributed by atoms with E-state index in [2.05, 4.69) is 4.99 Å². The lowest BCUT2D eigenvalue weighted by atomic mass is 10.2. The summed E-state index contributed by atoms with van der Waals surface area (Å²) in [5.41, 5.74) is 0.795. The Balaban J connectivity index is 1.64. The molecule has 1 aliphatic heterocycles. The van der Waals surface area contributed by atoms with E-state index < -0.39 is 5.91 Å². The van der Waals surface area contributed by atoms with Gasteiger partial charge in [-0.1, -0.05) is 22.9 Å². The largest absolute Gasteiger partial charge is 0.486 e. The first-order chi connectivity index (χ1) is 15.0. The fourth-order valence-corrected chi connectivity index (χ4v) is 4.24. The van der Waals surface area contributed by atoms with E-state index in [0.29, 0.717) is 46.8 Å². The number of aromatic nitrogens is 1. The van der Waals surface area contributed by atoms with Crippen molar-refractivity contribution in [3.8, 4) is 17.2 Å². The van der Waals surface area contributed by atoms with E-state index in [0.717, 1.165) is 10.2 Å². The molecule has 2 aromatic carbocycles. The highest BCUT2D eigenvalue weighted by Crippen LogP contribution is 2.35. The van der Waals surface area contributed by atoms with E-state index >= 15 is 0 Å². The van der Waals surface area contributed by atoms with E-state index in [4.69, 9.17) is 30.5 Å². The normalized spacial score (nSPS) is 13.3. The first-order valence-electron chi connectivity index (χ1n) is 9.49. The third-order valence-electron chi connectivity index (χ3n) is 4.51. The van der Waals surface area contributed by atoms with Crippen molar-refractivity contribution in [1.82, 2.24) is 4.57 Å². The average molecular weight is 463 g/mol. The van der Waals surface area contributed by atoms with E-state index in [9.17, 15) is 9.59 Å². The van der Waals surface area contributed by atoms with Crippen LogP contribution in [0.15, 0.2) is 41.4 Å². The minimum atomic E-state index is -0.453. The van der Waals surface area contributed by atoms with Gasteiger partial charge in [-0.2, -0.15) is 4.99 Å². The molecule has 0 saturated carbocycles. The number of carbonyl (C=O) groups is 2. The zero-order chi connectivity index (χ0) is 21.8. The van der Waals surface area contributed by atoms with Crippen molar-refractivity contribution < 1.29 is 28.5 Å². The van der Waals surface area contributed by atoms with Crippen LogP contribution in [-0.4, -0.2) is 43.4 Å². The van der Waals surface area contributed by atoms with Gasteiger partial charge < -0.3 is 23.5 Å². The summed E-state index contributed by atoms with van der Waals surface area (Å²) in [7, 11) is 1.34. The predicted octanol–water partition coefficient (Wildman–Crippen LogP) is 3.20. The van der Waals surface area contributed by atoms with Crippen LogP contribution in [0.4, 0.5) is 0 Å². The maximum absolute atomic E-state index is 12.5. The van der Waals surface area contributed by atoms with Gasteiger partial charge in [0, 0.05) is 23.7 Å². The summed E-state index contributed by atoms with van der Waals surface area (Å²) in [5, 5.41) is 0.580. The first-order valence-corrected chi connectivity index (χ1v) is 10.7. The van der Waals surface area contributed by atoms with Gasteiger partial charge in [0.1, 0.15) is 19.0 Å². The van der Waals surface area contributed by atoms with Crippen molar-refractivity contribution in [2.75, 3.05) is 26.9 Å². The summed E-state index contributed by atoms with van der Waals surface area (Å²) < 4.78 is 24.2. The summed E-state index contributed by atoms with van der Waals surface area (Å²) in [6.45, 7) is 1.01. The molecule has 1 aromatic heterocycles. The third-order valence-corrected chi connectivity index (χ3v) is 5.80. The van der Waals surface area contributed by atoms with Gasteiger partial charge >= 0.3 is 5.97 Å². The number of amides is 1. The number of halogens is 1. The zero-order valence-electron chi connectivity index (χ0n) is 16.6. The average Bonchev–Trinajstić information content (AvgIpc) is 3.11. The van der Waals surface area contributed by atoms with E-state index in [1.54, 1.807) is 28.8 Å². The number of benzene rings is 2. The van der Waals surface area contributed by atoms with Crippen molar-refractivity contribution in [2.45, 2.75) is 13.0 Å². The monoisotopic (exact) mass is 462 g/mol. The second-order valence-corrected chi connectivity index (χ2v) is 8.02. The molecular weight excluding hydrogens is 444 g/mol. The number of hydrogen-bond donors (Lipinski definition) is 0. The topological polar surface area (TPSA) is 88.4 Å². The maximum atomic E-state index is 12.5. The molecule has 162 valence electrons. The van der Waals surface area contributed by atoms with Gasteiger partial charge in [0.2, 0.25) is 0 Å². The molecule has 2 heterocycles. The number of rotatable bonds is 6. The van der Waals surface area contributed by atoms with Crippen molar-refractivity contribution in [2.24, 2.45) is 4.99 Å². The molecule has 8 nitrogen and oxygen atoms in total. The Labute approximate surface area is 186 Å². The number of nitrogens with zero attached hydrogens (tertiary/aromatic N) is 2. The Bertz CT molecular complexity index is 1190. The number of methoxy groups -OCH3 is 1. The highest BCUT2D eigenvalue weighted by molar-refractivity contribution is 7.16. The van der Waals surface area contributed by atoms with Gasteiger partial charge in [0.05, 0.1) is 23.7 Å². The molecule has 10 heteroatoms. The molecule has 0 atom stereocenters. The Morgan fingerprint density at radius 2 is 1.87 bits per heavy atom. The molecule has 0 unspecified atom stereocenters. The van der Waals surface area contributed by atoms with Crippen LogP contribution in [0.1, 0.15) is 6.42 Å². The molecule has 0 bridgehead atoms. The Morgan fingerprint density at radius 3 is 2.58 bits per heavy atom. The zero-order valence-corrected chi connectivity index (χ0v) is 18.2. The number of esters is 1. The summed E-state index contributed by atoms with van der Waals surface area (Å²) in [4.78, 5) is 28.8. The standard InChI is InChI=1S/C21H19ClN2O6S/c1-27-20(26)6-7-24-15-10-16-17(29-9-8-28-16)11-18(15)31-21(24)23-19(25)12-30-14-4-2-13(22)3-5-14/h2-5,10-11H,6-9,12H2,1H3. The fourth-order valence-electron chi connectivity index (χ4n) is 3.03. The van der Waals surface area contributed by atoms with Crippen LogP contribution >= 0.6 is 22.9 Å². The number of hydrogen-bond acceptors (Lipinski definition) is 7. The lowest BCUT2D eigenvalue weighted by molar-refractivity contribution is -0.140. The summed E-state index contributed by atoms with van der Waals surface area (Å²) >= 11 is 7.18. The van der Waals surface area contributed by atoms with Gasteiger partial charge in [0.15, 0.2) is 22.9 Å². The number of ether oxygens (including phenoxy) is 4. The molecule has 1 amide bonds. The molecule has 3 aromatic rings. The second-order valence-electron chi connectivity index (χ2n) is 6.57. The number of fused-ring (bicyclic) bond motifs is 2. The van der Waals surface area contributed by atoms with Gasteiger partial charge in [-0.3, -0.25) is 9.59 Å². The van der Waals surface area contributed by atoms with Crippen molar-refractivity contribution in [3.63, 3.8) is 0 Å². The predicted molar refractivity (Wildman–Crippen MR) is 115 cm³/mol. The van der Waals surface area contributed by atoms with E-state index in [1.165, 1.54) is 18.4 Å².